The van der Waals surface area contributed by atoms with Crippen LogP contribution in [0.4, 0.5) is 0 Å². The number of hydrogen-bond donors (Lipinski definition) is 0. The number of rotatable bonds is 6. The highest BCUT2D eigenvalue weighted by Gasteiger charge is 2.32. The standard InChI is InChI=1S/C20H34NO.ClH/c1-16(2)19-12-11-17(3)13-20(19)22-15-21(4,5)14-18-9-7-6-8-10-18;/h6-10,16-17,19-20H,11-15H2,1-5H3;1H/q+1;/p-1/t17-,19+,20-;/m1./s1. The highest BCUT2D eigenvalue weighted by atomic mass is 35.5. The molecule has 0 amide bonds. The van der Waals surface area contributed by atoms with Gasteiger partial charge in [-0.15, -0.1) is 0 Å². The normalized spacial score (nSPS) is 25.2. The van der Waals surface area contributed by atoms with Crippen LogP contribution in [0.1, 0.15) is 45.6 Å². The highest BCUT2D eigenvalue weighted by Crippen LogP contribution is 2.35. The number of halogens is 1. The van der Waals surface area contributed by atoms with Crippen LogP contribution in [0.5, 0.6) is 0 Å². The Kier molecular flexibility index (Phi) is 8.06. The third-order valence-corrected chi connectivity index (χ3v) is 5.05. The maximum atomic E-state index is 6.44. The van der Waals surface area contributed by atoms with Crippen LogP contribution in [0.3, 0.4) is 0 Å². The first-order valence-corrected chi connectivity index (χ1v) is 8.85. The summed E-state index contributed by atoms with van der Waals surface area (Å²) >= 11 is 0. The molecule has 1 aromatic rings. The predicted octanol–water partition coefficient (Wildman–Crippen LogP) is 1.70. The van der Waals surface area contributed by atoms with E-state index in [1.165, 1.54) is 24.8 Å². The van der Waals surface area contributed by atoms with Crippen molar-refractivity contribution in [2.45, 2.75) is 52.7 Å². The molecule has 2 nitrogen and oxygen atoms in total. The molecule has 1 fully saturated rings. The van der Waals surface area contributed by atoms with Gasteiger partial charge in [0.25, 0.3) is 0 Å². The number of nitrogens with zero attached hydrogens (tertiary/aromatic N) is 1. The van der Waals surface area contributed by atoms with E-state index in [0.29, 0.717) is 6.10 Å². The van der Waals surface area contributed by atoms with Gasteiger partial charge in [-0.3, -0.25) is 0 Å². The van der Waals surface area contributed by atoms with E-state index in [-0.39, 0.29) is 12.4 Å². The summed E-state index contributed by atoms with van der Waals surface area (Å²) in [7, 11) is 4.53. The first-order valence-electron chi connectivity index (χ1n) is 8.85. The van der Waals surface area contributed by atoms with Gasteiger partial charge in [-0.05, 0) is 30.6 Å². The number of benzene rings is 1. The third kappa shape index (κ3) is 6.45. The highest BCUT2D eigenvalue weighted by molar-refractivity contribution is 5.13. The summed E-state index contributed by atoms with van der Waals surface area (Å²) in [6.45, 7) is 8.89. The Labute approximate surface area is 149 Å². The van der Waals surface area contributed by atoms with Crippen molar-refractivity contribution in [3.8, 4) is 0 Å². The Morgan fingerprint density at radius 2 is 1.78 bits per heavy atom. The number of hydrogen-bond acceptors (Lipinski definition) is 1. The largest absolute Gasteiger partial charge is 1.00 e. The summed E-state index contributed by atoms with van der Waals surface area (Å²) in [6, 6.07) is 10.7. The van der Waals surface area contributed by atoms with E-state index in [9.17, 15) is 0 Å². The predicted molar refractivity (Wildman–Crippen MR) is 93.3 cm³/mol. The summed E-state index contributed by atoms with van der Waals surface area (Å²) < 4.78 is 7.33. The summed E-state index contributed by atoms with van der Waals surface area (Å²) in [5.41, 5.74) is 1.38. The van der Waals surface area contributed by atoms with Crippen LogP contribution in [0.25, 0.3) is 0 Å². The Bertz CT molecular complexity index is 446. The van der Waals surface area contributed by atoms with E-state index in [1.54, 1.807) is 0 Å². The molecule has 0 aliphatic heterocycles. The molecule has 3 heteroatoms. The van der Waals surface area contributed by atoms with Crippen molar-refractivity contribution in [2.24, 2.45) is 17.8 Å². The zero-order valence-corrected chi connectivity index (χ0v) is 16.2. The van der Waals surface area contributed by atoms with Crippen molar-refractivity contribution in [2.75, 3.05) is 20.8 Å². The first-order chi connectivity index (χ1) is 10.4. The van der Waals surface area contributed by atoms with Gasteiger partial charge in [-0.2, -0.15) is 0 Å². The minimum atomic E-state index is 0. The number of ether oxygens (including phenoxy) is 1. The number of quaternary nitrogens is 1. The summed E-state index contributed by atoms with van der Waals surface area (Å²) in [5.74, 6) is 2.26. The fourth-order valence-corrected chi connectivity index (χ4v) is 3.73. The second-order valence-electron chi connectivity index (χ2n) is 8.24. The molecule has 0 saturated heterocycles. The molecule has 0 bridgehead atoms. The van der Waals surface area contributed by atoms with E-state index >= 15 is 0 Å². The van der Waals surface area contributed by atoms with Crippen molar-refractivity contribution >= 4 is 0 Å². The Morgan fingerprint density at radius 1 is 1.13 bits per heavy atom. The van der Waals surface area contributed by atoms with Gasteiger partial charge in [0, 0.05) is 5.56 Å². The van der Waals surface area contributed by atoms with Crippen molar-refractivity contribution in [3.63, 3.8) is 0 Å². The van der Waals surface area contributed by atoms with Gasteiger partial charge in [0.2, 0.25) is 0 Å². The van der Waals surface area contributed by atoms with E-state index in [2.05, 4.69) is 65.2 Å². The van der Waals surface area contributed by atoms with Crippen LogP contribution in [0, 0.1) is 17.8 Å². The summed E-state index contributed by atoms with van der Waals surface area (Å²) in [4.78, 5) is 0. The van der Waals surface area contributed by atoms with E-state index < -0.39 is 0 Å². The molecule has 1 aliphatic rings. The second-order valence-corrected chi connectivity index (χ2v) is 8.24. The van der Waals surface area contributed by atoms with E-state index in [0.717, 1.165) is 35.5 Å². The first kappa shape index (κ1) is 20.5. The van der Waals surface area contributed by atoms with Gasteiger partial charge in [-0.1, -0.05) is 57.5 Å². The quantitative estimate of drug-likeness (QED) is 0.566. The maximum Gasteiger partial charge on any atom is 0.183 e. The fourth-order valence-electron chi connectivity index (χ4n) is 3.73. The molecule has 2 rings (SSSR count). The molecule has 0 radical (unpaired) electrons. The SMILES string of the molecule is CC(C)[C@@H]1CC[C@@H](C)C[C@H]1OC[N+](C)(C)Cc1ccccc1.[Cl-]. The smallest absolute Gasteiger partial charge is 0.183 e. The molecule has 0 unspecified atom stereocenters. The molecule has 0 aromatic heterocycles. The van der Waals surface area contributed by atoms with Gasteiger partial charge >= 0.3 is 0 Å². The lowest BCUT2D eigenvalue weighted by molar-refractivity contribution is -0.923. The van der Waals surface area contributed by atoms with Crippen molar-refractivity contribution in [3.05, 3.63) is 35.9 Å². The third-order valence-electron chi connectivity index (χ3n) is 5.05. The van der Waals surface area contributed by atoms with Crippen LogP contribution in [0.2, 0.25) is 0 Å². The van der Waals surface area contributed by atoms with Gasteiger partial charge in [-0.25, -0.2) is 0 Å². The van der Waals surface area contributed by atoms with E-state index in [1.807, 2.05) is 0 Å². The van der Waals surface area contributed by atoms with Crippen LogP contribution in [-0.2, 0) is 11.3 Å². The molecule has 1 aromatic carbocycles. The van der Waals surface area contributed by atoms with Gasteiger partial charge in [0.15, 0.2) is 6.73 Å². The van der Waals surface area contributed by atoms with Crippen molar-refractivity contribution < 1.29 is 21.6 Å². The average Bonchev–Trinajstić information content (AvgIpc) is 2.45. The molecule has 1 saturated carbocycles. The molecule has 132 valence electrons. The monoisotopic (exact) mass is 339 g/mol. The summed E-state index contributed by atoms with van der Waals surface area (Å²) in [6.07, 6.45) is 4.37. The van der Waals surface area contributed by atoms with Crippen LogP contribution in [0.15, 0.2) is 30.3 Å². The topological polar surface area (TPSA) is 9.23 Å². The molecular weight excluding hydrogens is 306 g/mol. The molecule has 0 heterocycles. The Hall–Kier alpha value is -0.570. The van der Waals surface area contributed by atoms with Crippen LogP contribution >= 0.6 is 0 Å². The van der Waals surface area contributed by atoms with Crippen LogP contribution < -0.4 is 12.4 Å². The molecule has 3 atom stereocenters. The fraction of sp³-hybridized carbons (Fsp3) is 0.700. The lowest BCUT2D eigenvalue weighted by atomic mass is 9.75. The van der Waals surface area contributed by atoms with E-state index in [4.69, 9.17) is 4.74 Å². The zero-order chi connectivity index (χ0) is 16.2. The lowest BCUT2D eigenvalue weighted by Crippen LogP contribution is -3.00. The minimum absolute atomic E-state index is 0. The second kappa shape index (κ2) is 9.05. The van der Waals surface area contributed by atoms with Gasteiger partial charge in [0.1, 0.15) is 6.54 Å². The molecule has 0 spiro atoms. The average molecular weight is 340 g/mol. The Balaban J connectivity index is 0.00000264. The van der Waals surface area contributed by atoms with Gasteiger partial charge < -0.3 is 21.6 Å². The molecule has 23 heavy (non-hydrogen) atoms. The van der Waals surface area contributed by atoms with Gasteiger partial charge in [0.05, 0.1) is 20.2 Å². The molecule has 0 N–H and O–H groups in total. The maximum absolute atomic E-state index is 6.44. The van der Waals surface area contributed by atoms with Crippen molar-refractivity contribution in [1.82, 2.24) is 0 Å². The lowest BCUT2D eigenvalue weighted by Gasteiger charge is -2.39. The molecule has 1 aliphatic carbocycles. The Morgan fingerprint density at radius 3 is 2.39 bits per heavy atom. The summed E-state index contributed by atoms with van der Waals surface area (Å²) in [5, 5.41) is 0. The van der Waals surface area contributed by atoms with Crippen molar-refractivity contribution in [1.29, 1.82) is 0 Å². The minimum Gasteiger partial charge on any atom is -1.00 e. The zero-order valence-electron chi connectivity index (χ0n) is 15.5. The van der Waals surface area contributed by atoms with Crippen LogP contribution in [-0.4, -0.2) is 31.4 Å². The molecular formula is C20H34ClNO.